The molecule has 4 aromatic rings. The predicted octanol–water partition coefficient (Wildman–Crippen LogP) is 5.07. The number of rotatable bonds is 12. The summed E-state index contributed by atoms with van der Waals surface area (Å²) in [6.45, 7) is 0. The van der Waals surface area contributed by atoms with E-state index in [0.717, 1.165) is 27.7 Å². The summed E-state index contributed by atoms with van der Waals surface area (Å²) in [4.78, 5) is 28.4. The number of carbonyl (C=O) groups is 2. The van der Waals surface area contributed by atoms with Gasteiger partial charge in [-0.1, -0.05) is 73.5 Å². The number of hydrogen-bond donors (Lipinski definition) is 3. The zero-order valence-electron chi connectivity index (χ0n) is 20.4. The van der Waals surface area contributed by atoms with Crippen LogP contribution in [0.2, 0.25) is 0 Å². The van der Waals surface area contributed by atoms with Gasteiger partial charge >= 0.3 is 5.97 Å². The summed E-state index contributed by atoms with van der Waals surface area (Å²) in [6, 6.07) is 19.9. The van der Waals surface area contributed by atoms with Crippen molar-refractivity contribution in [2.24, 2.45) is 0 Å². The number of benzene rings is 3. The smallest absolute Gasteiger partial charge is 0.303 e. The minimum absolute atomic E-state index is 0.00892. The van der Waals surface area contributed by atoms with Gasteiger partial charge in [0, 0.05) is 17.4 Å². The zero-order chi connectivity index (χ0) is 27.1. The molecule has 11 heteroatoms. The van der Waals surface area contributed by atoms with Crippen molar-refractivity contribution in [1.82, 2.24) is 9.71 Å². The Balaban J connectivity index is 1.54. The van der Waals surface area contributed by atoms with E-state index in [2.05, 4.69) is 9.71 Å². The highest BCUT2D eigenvalue weighted by Crippen LogP contribution is 2.28. The molecule has 0 aliphatic heterocycles. The van der Waals surface area contributed by atoms with E-state index < -0.39 is 27.9 Å². The van der Waals surface area contributed by atoms with Gasteiger partial charge < -0.3 is 5.11 Å². The van der Waals surface area contributed by atoms with Gasteiger partial charge in [0.15, 0.2) is 0 Å². The van der Waals surface area contributed by atoms with Crippen LogP contribution in [0.3, 0.4) is 0 Å². The van der Waals surface area contributed by atoms with E-state index in [1.807, 2.05) is 42.5 Å². The standard InChI is InChI=1S/C27H27N3O6S2/c31-25(32)14-6-2-5-13-23(29-38(35,36)22-16-15-19-9-7-8-12-21(19)17-22)26(33)30(34)27-28-24(18-37-27)20-10-3-1-4-11-20/h1,3-4,7-12,15-18,23,29,34H,2,5-6,13-14H2,(H,31,32)/t23-/m0/s1. The maximum atomic E-state index is 13.3. The van der Waals surface area contributed by atoms with Crippen molar-refractivity contribution in [3.63, 3.8) is 0 Å². The number of amides is 1. The average Bonchev–Trinajstić information content (AvgIpc) is 3.42. The lowest BCUT2D eigenvalue weighted by molar-refractivity contribution is -0.137. The molecule has 1 heterocycles. The number of carboxylic acids is 1. The van der Waals surface area contributed by atoms with Gasteiger partial charge in [0.05, 0.1) is 10.6 Å². The van der Waals surface area contributed by atoms with Crippen LogP contribution in [0, 0.1) is 0 Å². The maximum absolute atomic E-state index is 13.3. The summed E-state index contributed by atoms with van der Waals surface area (Å²) in [5, 5.41) is 23.3. The normalized spacial score (nSPS) is 12.3. The van der Waals surface area contributed by atoms with Crippen LogP contribution in [-0.4, -0.2) is 41.6 Å². The van der Waals surface area contributed by atoms with Crippen LogP contribution in [0.4, 0.5) is 5.13 Å². The summed E-state index contributed by atoms with van der Waals surface area (Å²) in [5.41, 5.74) is 1.38. The molecule has 198 valence electrons. The van der Waals surface area contributed by atoms with Crippen molar-refractivity contribution in [2.75, 3.05) is 5.06 Å². The second-order valence-corrected chi connectivity index (χ2v) is 11.3. The van der Waals surface area contributed by atoms with Gasteiger partial charge in [0.1, 0.15) is 6.04 Å². The third-order valence-electron chi connectivity index (χ3n) is 5.96. The number of carboxylic acid groups (broad SMARTS) is 1. The molecule has 1 atom stereocenters. The zero-order valence-corrected chi connectivity index (χ0v) is 22.0. The first kappa shape index (κ1) is 27.4. The van der Waals surface area contributed by atoms with E-state index in [1.165, 1.54) is 12.1 Å². The quantitative estimate of drug-likeness (QED) is 0.127. The van der Waals surface area contributed by atoms with Gasteiger partial charge in [0.2, 0.25) is 15.2 Å². The van der Waals surface area contributed by atoms with Crippen molar-refractivity contribution in [2.45, 2.75) is 43.0 Å². The van der Waals surface area contributed by atoms with Gasteiger partial charge in [-0.25, -0.2) is 13.4 Å². The molecule has 0 bridgehead atoms. The number of sulfonamides is 1. The number of anilines is 1. The Labute approximate surface area is 224 Å². The van der Waals surface area contributed by atoms with E-state index in [9.17, 15) is 23.2 Å². The fourth-order valence-electron chi connectivity index (χ4n) is 3.97. The topological polar surface area (TPSA) is 137 Å². The molecule has 0 spiro atoms. The van der Waals surface area contributed by atoms with Crippen molar-refractivity contribution < 1.29 is 28.3 Å². The maximum Gasteiger partial charge on any atom is 0.303 e. The third kappa shape index (κ3) is 6.81. The Kier molecular flexibility index (Phi) is 8.85. The van der Waals surface area contributed by atoms with E-state index in [-0.39, 0.29) is 22.9 Å². The van der Waals surface area contributed by atoms with Crippen LogP contribution < -0.4 is 9.79 Å². The van der Waals surface area contributed by atoms with Crippen LogP contribution in [0.1, 0.15) is 32.1 Å². The summed E-state index contributed by atoms with van der Waals surface area (Å²) >= 11 is 1.05. The lowest BCUT2D eigenvalue weighted by Crippen LogP contribution is -2.47. The number of nitrogens with zero attached hydrogens (tertiary/aromatic N) is 2. The fraction of sp³-hybridized carbons (Fsp3) is 0.222. The SMILES string of the molecule is O=C(O)CCCCC[C@H](NS(=O)(=O)c1ccc2ccccc2c1)C(=O)N(O)c1nc(-c2ccccc2)cs1. The first-order chi connectivity index (χ1) is 18.2. The molecule has 38 heavy (non-hydrogen) atoms. The average molecular weight is 554 g/mol. The number of fused-ring (bicyclic) bond motifs is 1. The highest BCUT2D eigenvalue weighted by atomic mass is 32.2. The molecule has 0 saturated heterocycles. The van der Waals surface area contributed by atoms with E-state index in [4.69, 9.17) is 5.11 Å². The van der Waals surface area contributed by atoms with Crippen LogP contribution in [0.15, 0.2) is 83.1 Å². The summed E-state index contributed by atoms with van der Waals surface area (Å²) in [5.74, 6) is -1.80. The second-order valence-electron chi connectivity index (χ2n) is 8.71. The summed E-state index contributed by atoms with van der Waals surface area (Å²) in [7, 11) is -4.13. The van der Waals surface area contributed by atoms with Crippen LogP contribution in [0.5, 0.6) is 0 Å². The highest BCUT2D eigenvalue weighted by Gasteiger charge is 2.31. The number of thiazole rings is 1. The molecule has 1 amide bonds. The molecule has 0 unspecified atom stereocenters. The molecule has 3 N–H and O–H groups in total. The van der Waals surface area contributed by atoms with E-state index in [0.29, 0.717) is 30.0 Å². The molecular weight excluding hydrogens is 526 g/mol. The molecule has 0 radical (unpaired) electrons. The first-order valence-corrected chi connectivity index (χ1v) is 14.4. The van der Waals surface area contributed by atoms with Gasteiger partial charge in [-0.15, -0.1) is 11.3 Å². The minimum Gasteiger partial charge on any atom is -0.481 e. The predicted molar refractivity (Wildman–Crippen MR) is 146 cm³/mol. The van der Waals surface area contributed by atoms with Crippen molar-refractivity contribution >= 4 is 49.1 Å². The summed E-state index contributed by atoms with van der Waals surface area (Å²) in [6.07, 6.45) is 1.30. The molecule has 9 nitrogen and oxygen atoms in total. The van der Waals surface area contributed by atoms with Crippen molar-refractivity contribution in [3.8, 4) is 11.3 Å². The lowest BCUT2D eigenvalue weighted by atomic mass is 10.1. The third-order valence-corrected chi connectivity index (χ3v) is 8.25. The van der Waals surface area contributed by atoms with Crippen LogP contribution >= 0.6 is 11.3 Å². The molecule has 3 aromatic carbocycles. The Bertz CT molecular complexity index is 1520. The Morgan fingerprint density at radius 1 is 0.947 bits per heavy atom. The molecule has 1 aromatic heterocycles. The molecule has 0 aliphatic carbocycles. The molecule has 4 rings (SSSR count). The number of aliphatic carboxylic acids is 1. The second kappa shape index (κ2) is 12.3. The Morgan fingerprint density at radius 2 is 1.66 bits per heavy atom. The van der Waals surface area contributed by atoms with Crippen molar-refractivity contribution in [3.05, 3.63) is 78.2 Å². The molecular formula is C27H27N3O6S2. The van der Waals surface area contributed by atoms with E-state index >= 15 is 0 Å². The monoisotopic (exact) mass is 553 g/mol. The molecule has 0 saturated carbocycles. The molecule has 0 fully saturated rings. The van der Waals surface area contributed by atoms with E-state index in [1.54, 1.807) is 23.6 Å². The number of unbranched alkanes of at least 4 members (excludes halogenated alkanes) is 2. The number of carbonyl (C=O) groups excluding carboxylic acids is 1. The van der Waals surface area contributed by atoms with Crippen molar-refractivity contribution in [1.29, 1.82) is 0 Å². The first-order valence-electron chi connectivity index (χ1n) is 12.0. The number of nitrogens with one attached hydrogen (secondary N) is 1. The Hall–Kier alpha value is -3.64. The number of aromatic nitrogens is 1. The number of hydroxylamine groups is 1. The largest absolute Gasteiger partial charge is 0.481 e. The highest BCUT2D eigenvalue weighted by molar-refractivity contribution is 7.89. The van der Waals surface area contributed by atoms with Gasteiger partial charge in [-0.2, -0.15) is 9.79 Å². The fourth-order valence-corrected chi connectivity index (χ4v) is 5.97. The van der Waals surface area contributed by atoms with Crippen LogP contribution in [0.25, 0.3) is 22.0 Å². The van der Waals surface area contributed by atoms with Crippen LogP contribution in [-0.2, 0) is 19.6 Å². The van der Waals surface area contributed by atoms with Gasteiger partial charge in [0.25, 0.3) is 5.91 Å². The number of hydrogen-bond acceptors (Lipinski definition) is 7. The Morgan fingerprint density at radius 3 is 2.39 bits per heavy atom. The van der Waals surface area contributed by atoms with Gasteiger partial charge in [-0.05, 0) is 35.7 Å². The summed E-state index contributed by atoms with van der Waals surface area (Å²) < 4.78 is 29.0. The molecule has 0 aliphatic rings. The minimum atomic E-state index is -4.13. The lowest BCUT2D eigenvalue weighted by Gasteiger charge is -2.21. The van der Waals surface area contributed by atoms with Gasteiger partial charge in [-0.3, -0.25) is 14.8 Å².